The van der Waals surface area contributed by atoms with Crippen molar-refractivity contribution in [1.82, 2.24) is 0 Å². The van der Waals surface area contributed by atoms with Crippen LogP contribution in [0.1, 0.15) is 53.9 Å². The molecule has 0 aromatic heterocycles. The Morgan fingerprint density at radius 2 is 1.91 bits per heavy atom. The molecular formula is C17H28O5. The second-order valence-electron chi connectivity index (χ2n) is 7.32. The predicted molar refractivity (Wildman–Crippen MR) is 81.1 cm³/mol. The van der Waals surface area contributed by atoms with Gasteiger partial charge in [0.1, 0.15) is 11.4 Å². The van der Waals surface area contributed by atoms with Gasteiger partial charge >= 0.3 is 5.97 Å². The Morgan fingerprint density at radius 1 is 1.27 bits per heavy atom. The van der Waals surface area contributed by atoms with Crippen LogP contribution in [-0.4, -0.2) is 36.4 Å². The molecule has 0 bridgehead atoms. The lowest BCUT2D eigenvalue weighted by Gasteiger charge is -2.45. The minimum atomic E-state index is -0.825. The van der Waals surface area contributed by atoms with E-state index in [1.54, 1.807) is 6.92 Å². The zero-order valence-electron chi connectivity index (χ0n) is 14.5. The highest BCUT2D eigenvalue weighted by atomic mass is 16.8. The van der Waals surface area contributed by atoms with E-state index in [4.69, 9.17) is 14.2 Å². The number of hydrogen-bond acceptors (Lipinski definition) is 5. The van der Waals surface area contributed by atoms with Gasteiger partial charge in [-0.2, -0.15) is 0 Å². The fourth-order valence-corrected chi connectivity index (χ4v) is 3.96. The van der Waals surface area contributed by atoms with Crippen molar-refractivity contribution in [1.29, 1.82) is 0 Å². The van der Waals surface area contributed by atoms with Gasteiger partial charge in [0.25, 0.3) is 0 Å². The molecule has 1 saturated heterocycles. The molecule has 1 aliphatic carbocycles. The van der Waals surface area contributed by atoms with Crippen molar-refractivity contribution in [2.75, 3.05) is 7.11 Å². The molecule has 0 amide bonds. The molecule has 2 rings (SSSR count). The molecule has 5 heteroatoms. The van der Waals surface area contributed by atoms with E-state index in [9.17, 15) is 9.59 Å². The normalized spacial score (nSPS) is 38.7. The third-order valence-corrected chi connectivity index (χ3v) is 5.43. The zero-order valence-corrected chi connectivity index (χ0v) is 14.5. The van der Waals surface area contributed by atoms with Crippen LogP contribution in [0.5, 0.6) is 0 Å². The van der Waals surface area contributed by atoms with Crippen LogP contribution in [-0.2, 0) is 23.8 Å². The van der Waals surface area contributed by atoms with Crippen LogP contribution in [0.15, 0.2) is 0 Å². The number of carbonyl (C=O) groups excluding carboxylic acids is 2. The number of rotatable bonds is 3. The predicted octanol–water partition coefficient (Wildman–Crippen LogP) is 2.71. The first-order valence-electron chi connectivity index (χ1n) is 8.09. The maximum atomic E-state index is 12.2. The molecule has 0 aromatic carbocycles. The van der Waals surface area contributed by atoms with Crippen LogP contribution >= 0.6 is 0 Å². The lowest BCUT2D eigenvalue weighted by molar-refractivity contribution is -0.184. The third-order valence-electron chi connectivity index (χ3n) is 5.43. The molecule has 1 aliphatic heterocycles. The summed E-state index contributed by atoms with van der Waals surface area (Å²) in [6.45, 7) is 9.33. The maximum absolute atomic E-state index is 12.2. The number of esters is 1. The van der Waals surface area contributed by atoms with Crippen LogP contribution in [0, 0.1) is 17.8 Å². The van der Waals surface area contributed by atoms with E-state index in [0.717, 1.165) is 12.8 Å². The van der Waals surface area contributed by atoms with Gasteiger partial charge in [-0.1, -0.05) is 13.8 Å². The summed E-state index contributed by atoms with van der Waals surface area (Å²) < 4.78 is 17.1. The third kappa shape index (κ3) is 2.93. The van der Waals surface area contributed by atoms with Crippen molar-refractivity contribution in [2.45, 2.75) is 71.4 Å². The molecule has 2 fully saturated rings. The molecule has 2 unspecified atom stereocenters. The van der Waals surface area contributed by atoms with Gasteiger partial charge in [0.2, 0.25) is 0 Å². The fourth-order valence-electron chi connectivity index (χ4n) is 3.96. The lowest BCUT2D eigenvalue weighted by atomic mass is 9.65. The number of ether oxygens (including phenoxy) is 3. The summed E-state index contributed by atoms with van der Waals surface area (Å²) in [5.74, 6) is -0.688. The molecule has 5 nitrogen and oxygen atoms in total. The van der Waals surface area contributed by atoms with Crippen LogP contribution in [0.3, 0.4) is 0 Å². The van der Waals surface area contributed by atoms with E-state index in [0.29, 0.717) is 6.42 Å². The monoisotopic (exact) mass is 312 g/mol. The fraction of sp³-hybridized carbons (Fsp3) is 0.882. The first-order chi connectivity index (χ1) is 10.1. The molecule has 1 saturated carbocycles. The molecule has 1 spiro atoms. The molecule has 0 aromatic rings. The summed E-state index contributed by atoms with van der Waals surface area (Å²) in [7, 11) is 1.37. The molecule has 0 radical (unpaired) electrons. The van der Waals surface area contributed by atoms with E-state index in [1.165, 1.54) is 7.11 Å². The molecule has 2 aliphatic rings. The van der Waals surface area contributed by atoms with Crippen LogP contribution in [0.25, 0.3) is 0 Å². The Hall–Kier alpha value is -0.940. The molecule has 5 atom stereocenters. The number of ketones is 1. The average molecular weight is 312 g/mol. The van der Waals surface area contributed by atoms with Gasteiger partial charge in [0.05, 0.1) is 7.11 Å². The highest BCUT2D eigenvalue weighted by Crippen LogP contribution is 2.51. The Labute approximate surface area is 132 Å². The second-order valence-corrected chi connectivity index (χ2v) is 7.32. The van der Waals surface area contributed by atoms with E-state index in [1.807, 2.05) is 20.8 Å². The quantitative estimate of drug-likeness (QED) is 0.750. The minimum Gasteiger partial charge on any atom is -0.467 e. The Morgan fingerprint density at radius 3 is 2.45 bits per heavy atom. The topological polar surface area (TPSA) is 61.8 Å². The number of methoxy groups -OCH3 is 1. The van der Waals surface area contributed by atoms with Gasteiger partial charge in [0.15, 0.2) is 11.9 Å². The number of Topliss-reactive ketones (excluding diaryl/α,β-unsaturated/α-hetero) is 1. The number of hydrogen-bond donors (Lipinski definition) is 0. The van der Waals surface area contributed by atoms with E-state index >= 15 is 0 Å². The number of carbonyl (C=O) groups is 2. The molecular weight excluding hydrogens is 284 g/mol. The maximum Gasteiger partial charge on any atom is 0.338 e. The Kier molecular flexibility index (Phi) is 4.69. The summed E-state index contributed by atoms with van der Waals surface area (Å²) in [5, 5.41) is 0. The van der Waals surface area contributed by atoms with Crippen molar-refractivity contribution in [3.63, 3.8) is 0 Å². The first kappa shape index (κ1) is 17.4. The average Bonchev–Trinajstić information content (AvgIpc) is 2.72. The highest BCUT2D eigenvalue weighted by molar-refractivity contribution is 5.78. The molecule has 1 heterocycles. The SMILES string of the molecule is COC(=O)C1OC(C)(C)O[C@]12C[C@H]([C@H](C)C(C)=O)CCC2C. The van der Waals surface area contributed by atoms with Crippen molar-refractivity contribution in [3.05, 3.63) is 0 Å². The second kappa shape index (κ2) is 5.93. The standard InChI is InChI=1S/C17H28O5/c1-10-7-8-13(11(2)12(3)18)9-17(10)14(15(19)20-6)21-16(4,5)22-17/h10-11,13-14H,7-9H2,1-6H3/t10?,11-,13-,14?,17+/m1/s1. The first-order valence-corrected chi connectivity index (χ1v) is 8.09. The Balaban J connectivity index is 2.34. The summed E-state index contributed by atoms with van der Waals surface area (Å²) >= 11 is 0. The highest BCUT2D eigenvalue weighted by Gasteiger charge is 2.61. The van der Waals surface area contributed by atoms with Gasteiger partial charge in [0, 0.05) is 5.92 Å². The van der Waals surface area contributed by atoms with Crippen LogP contribution in [0.2, 0.25) is 0 Å². The van der Waals surface area contributed by atoms with Gasteiger partial charge < -0.3 is 14.2 Å². The summed E-state index contributed by atoms with van der Waals surface area (Å²) in [6.07, 6.45) is 1.80. The van der Waals surface area contributed by atoms with Gasteiger partial charge in [-0.3, -0.25) is 4.79 Å². The van der Waals surface area contributed by atoms with Crippen molar-refractivity contribution in [2.24, 2.45) is 17.8 Å². The lowest BCUT2D eigenvalue weighted by Crippen LogP contribution is -2.54. The Bertz CT molecular complexity index is 458. The van der Waals surface area contributed by atoms with Gasteiger partial charge in [-0.25, -0.2) is 4.79 Å². The van der Waals surface area contributed by atoms with Crippen molar-refractivity contribution < 1.29 is 23.8 Å². The van der Waals surface area contributed by atoms with Crippen LogP contribution < -0.4 is 0 Å². The molecule has 0 N–H and O–H groups in total. The molecule has 22 heavy (non-hydrogen) atoms. The largest absolute Gasteiger partial charge is 0.467 e. The zero-order chi connectivity index (χ0) is 16.7. The van der Waals surface area contributed by atoms with Gasteiger partial charge in [-0.05, 0) is 51.9 Å². The smallest absolute Gasteiger partial charge is 0.338 e. The van der Waals surface area contributed by atoms with E-state index in [2.05, 4.69) is 6.92 Å². The summed E-state index contributed by atoms with van der Waals surface area (Å²) in [4.78, 5) is 24.0. The van der Waals surface area contributed by atoms with E-state index < -0.39 is 23.5 Å². The summed E-state index contributed by atoms with van der Waals surface area (Å²) in [5.41, 5.74) is -0.705. The van der Waals surface area contributed by atoms with Crippen molar-refractivity contribution in [3.8, 4) is 0 Å². The van der Waals surface area contributed by atoms with E-state index in [-0.39, 0.29) is 23.5 Å². The molecule has 126 valence electrons. The minimum absolute atomic E-state index is 0.0324. The summed E-state index contributed by atoms with van der Waals surface area (Å²) in [6, 6.07) is 0. The van der Waals surface area contributed by atoms with Crippen molar-refractivity contribution >= 4 is 11.8 Å². The van der Waals surface area contributed by atoms with Crippen LogP contribution in [0.4, 0.5) is 0 Å². The van der Waals surface area contributed by atoms with Gasteiger partial charge in [-0.15, -0.1) is 0 Å².